The molecular formula is C12H20N2O4S. The van der Waals surface area contributed by atoms with E-state index in [1.807, 2.05) is 13.8 Å². The molecule has 3 N–H and O–H groups in total. The van der Waals surface area contributed by atoms with Gasteiger partial charge in [-0.1, -0.05) is 13.8 Å². The van der Waals surface area contributed by atoms with Gasteiger partial charge in [-0.05, 0) is 25.6 Å². The second-order valence-corrected chi connectivity index (χ2v) is 7.25. The predicted octanol–water partition coefficient (Wildman–Crippen LogP) is 0.437. The lowest BCUT2D eigenvalue weighted by atomic mass is 9.64. The average Bonchev–Trinajstić information content (AvgIpc) is 2.83. The van der Waals surface area contributed by atoms with Crippen molar-refractivity contribution < 1.29 is 17.9 Å². The van der Waals surface area contributed by atoms with E-state index in [2.05, 4.69) is 10.0 Å². The number of aliphatic hydroxyl groups is 1. The van der Waals surface area contributed by atoms with E-state index in [1.165, 1.54) is 13.1 Å². The van der Waals surface area contributed by atoms with Crippen LogP contribution in [-0.2, 0) is 16.6 Å². The first-order chi connectivity index (χ1) is 8.77. The number of nitrogens with one attached hydrogen (secondary N) is 2. The zero-order valence-electron chi connectivity index (χ0n) is 11.3. The highest BCUT2D eigenvalue weighted by Gasteiger charge is 2.46. The SMILES string of the molecule is CNS(=O)(=O)c1ccc(CNC2CC(O)C2(C)C)o1. The fraction of sp³-hybridized carbons (Fsp3) is 0.667. The topological polar surface area (TPSA) is 91.6 Å². The van der Waals surface area contributed by atoms with E-state index >= 15 is 0 Å². The maximum absolute atomic E-state index is 11.5. The van der Waals surface area contributed by atoms with Crippen molar-refractivity contribution in [2.75, 3.05) is 7.05 Å². The molecule has 1 saturated carbocycles. The van der Waals surface area contributed by atoms with Gasteiger partial charge in [-0.25, -0.2) is 13.1 Å². The molecule has 0 saturated heterocycles. The molecule has 108 valence electrons. The van der Waals surface area contributed by atoms with Crippen LogP contribution in [0.25, 0.3) is 0 Å². The number of hydrogen-bond acceptors (Lipinski definition) is 5. The maximum atomic E-state index is 11.5. The van der Waals surface area contributed by atoms with Gasteiger partial charge in [0.15, 0.2) is 0 Å². The third-order valence-corrected chi connectivity index (χ3v) is 5.20. The Balaban J connectivity index is 1.95. The Labute approximate surface area is 113 Å². The van der Waals surface area contributed by atoms with Gasteiger partial charge in [0, 0.05) is 11.5 Å². The summed E-state index contributed by atoms with van der Waals surface area (Å²) < 4.78 is 30.5. The van der Waals surface area contributed by atoms with Crippen LogP contribution in [0.4, 0.5) is 0 Å². The minimum Gasteiger partial charge on any atom is -0.447 e. The van der Waals surface area contributed by atoms with E-state index in [9.17, 15) is 13.5 Å². The van der Waals surface area contributed by atoms with Crippen LogP contribution in [-0.4, -0.2) is 32.7 Å². The molecular weight excluding hydrogens is 268 g/mol. The summed E-state index contributed by atoms with van der Waals surface area (Å²) in [6.07, 6.45) is 0.414. The standard InChI is InChI=1S/C12H20N2O4S/c1-12(2)9(6-10(12)15)14-7-8-4-5-11(18-8)19(16,17)13-3/h4-5,9-10,13-15H,6-7H2,1-3H3. The number of rotatable bonds is 5. The Bertz CT molecular complexity index is 550. The van der Waals surface area contributed by atoms with Crippen molar-refractivity contribution in [3.05, 3.63) is 17.9 Å². The van der Waals surface area contributed by atoms with Gasteiger partial charge in [-0.3, -0.25) is 0 Å². The fourth-order valence-corrected chi connectivity index (χ4v) is 2.84. The molecule has 0 aromatic carbocycles. The van der Waals surface area contributed by atoms with Gasteiger partial charge in [-0.2, -0.15) is 0 Å². The van der Waals surface area contributed by atoms with Crippen LogP contribution < -0.4 is 10.0 Å². The van der Waals surface area contributed by atoms with Crippen LogP contribution in [0.2, 0.25) is 0 Å². The van der Waals surface area contributed by atoms with Crippen LogP contribution in [0.3, 0.4) is 0 Å². The summed E-state index contributed by atoms with van der Waals surface area (Å²) in [4.78, 5) is 0. The van der Waals surface area contributed by atoms with Crippen molar-refractivity contribution in [1.82, 2.24) is 10.0 Å². The average molecular weight is 288 g/mol. The largest absolute Gasteiger partial charge is 0.447 e. The number of aliphatic hydroxyl groups excluding tert-OH is 1. The molecule has 1 heterocycles. The molecule has 19 heavy (non-hydrogen) atoms. The first-order valence-corrected chi connectivity index (χ1v) is 7.69. The zero-order chi connectivity index (χ0) is 14.3. The molecule has 2 rings (SSSR count). The highest BCUT2D eigenvalue weighted by atomic mass is 32.2. The molecule has 0 spiro atoms. The second kappa shape index (κ2) is 4.90. The lowest BCUT2D eigenvalue weighted by Gasteiger charge is -2.49. The molecule has 0 aliphatic heterocycles. The molecule has 0 radical (unpaired) electrons. The van der Waals surface area contributed by atoms with Crippen molar-refractivity contribution >= 4 is 10.0 Å². The van der Waals surface area contributed by atoms with Crippen molar-refractivity contribution in [3.8, 4) is 0 Å². The predicted molar refractivity (Wildman–Crippen MR) is 70.0 cm³/mol. The van der Waals surface area contributed by atoms with Crippen LogP contribution in [0, 0.1) is 5.41 Å². The van der Waals surface area contributed by atoms with Crippen molar-refractivity contribution in [3.63, 3.8) is 0 Å². The van der Waals surface area contributed by atoms with Crippen molar-refractivity contribution in [2.45, 2.75) is 44.1 Å². The summed E-state index contributed by atoms with van der Waals surface area (Å²) in [5, 5.41) is 12.8. The molecule has 1 aromatic heterocycles. The van der Waals surface area contributed by atoms with E-state index < -0.39 is 10.0 Å². The summed E-state index contributed by atoms with van der Waals surface area (Å²) >= 11 is 0. The Kier molecular flexibility index (Phi) is 3.74. The van der Waals surface area contributed by atoms with Gasteiger partial charge in [0.1, 0.15) is 5.76 Å². The van der Waals surface area contributed by atoms with Crippen LogP contribution in [0.5, 0.6) is 0 Å². The summed E-state index contributed by atoms with van der Waals surface area (Å²) in [6.45, 7) is 4.44. The lowest BCUT2D eigenvalue weighted by Crippen LogP contribution is -2.59. The van der Waals surface area contributed by atoms with E-state index in [4.69, 9.17) is 4.42 Å². The summed E-state index contributed by atoms with van der Waals surface area (Å²) in [7, 11) is -2.18. The van der Waals surface area contributed by atoms with Crippen molar-refractivity contribution in [1.29, 1.82) is 0 Å². The maximum Gasteiger partial charge on any atom is 0.273 e. The molecule has 1 aliphatic carbocycles. The van der Waals surface area contributed by atoms with Gasteiger partial charge < -0.3 is 14.8 Å². The Morgan fingerprint density at radius 3 is 2.68 bits per heavy atom. The normalized spacial score (nSPS) is 26.1. The van der Waals surface area contributed by atoms with E-state index in [0.717, 1.165) is 0 Å². The summed E-state index contributed by atoms with van der Waals surface area (Å²) in [5.74, 6) is 0.561. The molecule has 6 nitrogen and oxygen atoms in total. The first kappa shape index (κ1) is 14.5. The fourth-order valence-electron chi connectivity index (χ4n) is 2.17. The highest BCUT2D eigenvalue weighted by Crippen LogP contribution is 2.40. The lowest BCUT2D eigenvalue weighted by molar-refractivity contribution is -0.0734. The summed E-state index contributed by atoms with van der Waals surface area (Å²) in [6, 6.07) is 3.28. The molecule has 0 bridgehead atoms. The highest BCUT2D eigenvalue weighted by molar-refractivity contribution is 7.89. The van der Waals surface area contributed by atoms with Crippen LogP contribution in [0.15, 0.2) is 21.6 Å². The van der Waals surface area contributed by atoms with E-state index in [0.29, 0.717) is 18.7 Å². The first-order valence-electron chi connectivity index (χ1n) is 6.21. The minimum absolute atomic E-state index is 0.0836. The van der Waals surface area contributed by atoms with Crippen LogP contribution >= 0.6 is 0 Å². The molecule has 2 atom stereocenters. The van der Waals surface area contributed by atoms with Gasteiger partial charge in [0.25, 0.3) is 10.0 Å². The minimum atomic E-state index is -3.52. The number of furan rings is 1. The Hall–Kier alpha value is -0.890. The van der Waals surface area contributed by atoms with E-state index in [1.54, 1.807) is 6.07 Å². The Morgan fingerprint density at radius 1 is 1.47 bits per heavy atom. The number of sulfonamides is 1. The smallest absolute Gasteiger partial charge is 0.273 e. The van der Waals surface area contributed by atoms with Crippen LogP contribution in [0.1, 0.15) is 26.0 Å². The molecule has 0 amide bonds. The van der Waals surface area contributed by atoms with Gasteiger partial charge in [0.05, 0.1) is 12.6 Å². The summed E-state index contributed by atoms with van der Waals surface area (Å²) in [5.41, 5.74) is -0.160. The molecule has 7 heteroatoms. The Morgan fingerprint density at radius 2 is 2.16 bits per heavy atom. The quantitative estimate of drug-likeness (QED) is 0.731. The van der Waals surface area contributed by atoms with Gasteiger partial charge in [0.2, 0.25) is 5.09 Å². The second-order valence-electron chi connectivity index (χ2n) is 5.43. The third-order valence-electron chi connectivity index (χ3n) is 3.91. The van der Waals surface area contributed by atoms with Gasteiger partial charge in [-0.15, -0.1) is 0 Å². The van der Waals surface area contributed by atoms with Gasteiger partial charge >= 0.3 is 0 Å². The molecule has 2 unspecified atom stereocenters. The monoisotopic (exact) mass is 288 g/mol. The molecule has 1 aliphatic rings. The third kappa shape index (κ3) is 2.69. The molecule has 1 aromatic rings. The van der Waals surface area contributed by atoms with Crippen molar-refractivity contribution in [2.24, 2.45) is 5.41 Å². The number of hydrogen-bond donors (Lipinski definition) is 3. The zero-order valence-corrected chi connectivity index (χ0v) is 12.1. The van der Waals surface area contributed by atoms with E-state index in [-0.39, 0.29) is 22.7 Å². The molecule has 1 fully saturated rings.